The molecule has 7 heteroatoms. The van der Waals surface area contributed by atoms with E-state index in [1.54, 1.807) is 19.1 Å². The molecule has 1 aliphatic rings. The highest BCUT2D eigenvalue weighted by Gasteiger charge is 2.32. The predicted octanol–water partition coefficient (Wildman–Crippen LogP) is 3.25. The summed E-state index contributed by atoms with van der Waals surface area (Å²) in [5.74, 6) is 0. The van der Waals surface area contributed by atoms with Gasteiger partial charge in [0.1, 0.15) is 0 Å². The van der Waals surface area contributed by atoms with E-state index in [1.807, 2.05) is 42.5 Å². The van der Waals surface area contributed by atoms with Crippen LogP contribution in [0.25, 0.3) is 11.1 Å². The van der Waals surface area contributed by atoms with Gasteiger partial charge in [0.2, 0.25) is 10.0 Å². The molecule has 0 aromatic heterocycles. The third kappa shape index (κ3) is 4.48. The van der Waals surface area contributed by atoms with Crippen LogP contribution in [0.4, 0.5) is 4.79 Å². The lowest BCUT2D eigenvalue weighted by Crippen LogP contribution is -2.49. The van der Waals surface area contributed by atoms with Crippen LogP contribution in [-0.2, 0) is 14.8 Å². The number of nitrogens with one attached hydrogen (secondary N) is 1. The summed E-state index contributed by atoms with van der Waals surface area (Å²) in [6.07, 6.45) is 0.904. The summed E-state index contributed by atoms with van der Waals surface area (Å²) in [6.45, 7) is 2.69. The molecular weight excluding hydrogens is 364 g/mol. The fraction of sp³-hybridized carbons (Fsp3) is 0.350. The summed E-state index contributed by atoms with van der Waals surface area (Å²) in [7, 11) is -3.68. The SMILES string of the molecule is CCOC(=O)NC1CCCN(S(=O)(=O)c2ccccc2-c2ccccc2)C1. The number of hydrogen-bond acceptors (Lipinski definition) is 4. The first-order valence-electron chi connectivity index (χ1n) is 9.10. The summed E-state index contributed by atoms with van der Waals surface area (Å²) in [5.41, 5.74) is 1.54. The van der Waals surface area contributed by atoms with Crippen LogP contribution in [0.3, 0.4) is 0 Å². The normalized spacial score (nSPS) is 18.0. The van der Waals surface area contributed by atoms with Gasteiger partial charge >= 0.3 is 6.09 Å². The Morgan fingerprint density at radius 1 is 1.15 bits per heavy atom. The van der Waals surface area contributed by atoms with Gasteiger partial charge in [0.25, 0.3) is 0 Å². The highest BCUT2D eigenvalue weighted by atomic mass is 32.2. The molecule has 2 aromatic rings. The number of nitrogens with zero attached hydrogens (tertiary/aromatic N) is 1. The average molecular weight is 388 g/mol. The van der Waals surface area contributed by atoms with Crippen molar-refractivity contribution in [2.75, 3.05) is 19.7 Å². The van der Waals surface area contributed by atoms with E-state index in [2.05, 4.69) is 5.32 Å². The van der Waals surface area contributed by atoms with Crippen molar-refractivity contribution in [3.63, 3.8) is 0 Å². The summed E-state index contributed by atoms with van der Waals surface area (Å²) in [6, 6.07) is 16.2. The smallest absolute Gasteiger partial charge is 0.407 e. The molecule has 0 spiro atoms. The Morgan fingerprint density at radius 3 is 2.59 bits per heavy atom. The first kappa shape index (κ1) is 19.4. The Kier molecular flexibility index (Phi) is 6.13. The van der Waals surface area contributed by atoms with E-state index in [9.17, 15) is 13.2 Å². The molecule has 1 aliphatic heterocycles. The third-order valence-electron chi connectivity index (χ3n) is 4.57. The zero-order valence-electron chi connectivity index (χ0n) is 15.3. The van der Waals surface area contributed by atoms with Gasteiger partial charge in [-0.2, -0.15) is 4.31 Å². The fourth-order valence-electron chi connectivity index (χ4n) is 3.30. The fourth-order valence-corrected chi connectivity index (χ4v) is 5.04. The lowest BCUT2D eigenvalue weighted by Gasteiger charge is -2.32. The van der Waals surface area contributed by atoms with Crippen LogP contribution >= 0.6 is 0 Å². The molecular formula is C20H24N2O4S. The molecule has 144 valence electrons. The molecule has 27 heavy (non-hydrogen) atoms. The van der Waals surface area contributed by atoms with Crippen LogP contribution in [0.1, 0.15) is 19.8 Å². The molecule has 2 aromatic carbocycles. The minimum Gasteiger partial charge on any atom is -0.450 e. The number of sulfonamides is 1. The average Bonchev–Trinajstić information content (AvgIpc) is 2.69. The minimum absolute atomic E-state index is 0.240. The molecule has 1 atom stereocenters. The molecule has 3 rings (SSSR count). The minimum atomic E-state index is -3.68. The predicted molar refractivity (Wildman–Crippen MR) is 104 cm³/mol. The molecule has 0 bridgehead atoms. The zero-order valence-corrected chi connectivity index (χ0v) is 16.1. The van der Waals surface area contributed by atoms with Crippen molar-refractivity contribution >= 4 is 16.1 Å². The summed E-state index contributed by atoms with van der Waals surface area (Å²) in [5, 5.41) is 2.75. The Hall–Kier alpha value is -2.38. The van der Waals surface area contributed by atoms with Gasteiger partial charge in [-0.15, -0.1) is 0 Å². The van der Waals surface area contributed by atoms with Gasteiger partial charge in [-0.05, 0) is 31.4 Å². The maximum Gasteiger partial charge on any atom is 0.407 e. The second-order valence-corrected chi connectivity index (χ2v) is 8.34. The van der Waals surface area contributed by atoms with E-state index in [4.69, 9.17) is 4.74 Å². The number of piperidine rings is 1. The van der Waals surface area contributed by atoms with Crippen LogP contribution < -0.4 is 5.32 Å². The lowest BCUT2D eigenvalue weighted by molar-refractivity contribution is 0.142. The van der Waals surface area contributed by atoms with Crippen LogP contribution in [0.5, 0.6) is 0 Å². The Morgan fingerprint density at radius 2 is 1.85 bits per heavy atom. The number of amides is 1. The highest BCUT2D eigenvalue weighted by molar-refractivity contribution is 7.89. The van der Waals surface area contributed by atoms with Crippen molar-refractivity contribution in [2.24, 2.45) is 0 Å². The van der Waals surface area contributed by atoms with E-state index in [1.165, 1.54) is 4.31 Å². The number of benzene rings is 2. The van der Waals surface area contributed by atoms with Crippen molar-refractivity contribution in [1.29, 1.82) is 0 Å². The van der Waals surface area contributed by atoms with Gasteiger partial charge in [0.05, 0.1) is 11.5 Å². The summed E-state index contributed by atoms with van der Waals surface area (Å²) in [4.78, 5) is 12.0. The van der Waals surface area contributed by atoms with E-state index in [0.717, 1.165) is 12.0 Å². The number of carbonyl (C=O) groups is 1. The zero-order chi connectivity index (χ0) is 19.3. The maximum absolute atomic E-state index is 13.3. The van der Waals surface area contributed by atoms with E-state index in [0.29, 0.717) is 18.5 Å². The molecule has 1 unspecified atom stereocenters. The number of carbonyl (C=O) groups excluding carboxylic acids is 1. The second kappa shape index (κ2) is 8.54. The van der Waals surface area contributed by atoms with Crippen molar-refractivity contribution < 1.29 is 17.9 Å². The number of rotatable bonds is 5. The molecule has 6 nitrogen and oxygen atoms in total. The quantitative estimate of drug-likeness (QED) is 0.853. The van der Waals surface area contributed by atoms with E-state index >= 15 is 0 Å². The number of alkyl carbamates (subject to hydrolysis) is 1. The third-order valence-corrected chi connectivity index (χ3v) is 6.49. The van der Waals surface area contributed by atoms with Crippen molar-refractivity contribution in [2.45, 2.75) is 30.7 Å². The topological polar surface area (TPSA) is 75.7 Å². The Labute approximate surface area is 160 Å². The van der Waals surface area contributed by atoms with E-state index in [-0.39, 0.29) is 24.1 Å². The second-order valence-electron chi connectivity index (χ2n) is 6.43. The van der Waals surface area contributed by atoms with Crippen LogP contribution in [0.2, 0.25) is 0 Å². The van der Waals surface area contributed by atoms with Gasteiger partial charge in [0.15, 0.2) is 0 Å². The van der Waals surface area contributed by atoms with Gasteiger partial charge in [-0.3, -0.25) is 0 Å². The lowest BCUT2D eigenvalue weighted by atomic mass is 10.1. The first-order chi connectivity index (χ1) is 13.0. The van der Waals surface area contributed by atoms with Crippen molar-refractivity contribution in [3.8, 4) is 11.1 Å². The van der Waals surface area contributed by atoms with Crippen molar-refractivity contribution in [1.82, 2.24) is 9.62 Å². The molecule has 0 aliphatic carbocycles. The van der Waals surface area contributed by atoms with Crippen molar-refractivity contribution in [3.05, 3.63) is 54.6 Å². The molecule has 1 N–H and O–H groups in total. The maximum atomic E-state index is 13.3. The van der Waals surface area contributed by atoms with Crippen LogP contribution in [0, 0.1) is 0 Å². The van der Waals surface area contributed by atoms with Gasteiger partial charge in [-0.25, -0.2) is 13.2 Å². The molecule has 1 saturated heterocycles. The molecule has 1 heterocycles. The van der Waals surface area contributed by atoms with E-state index < -0.39 is 16.1 Å². The van der Waals surface area contributed by atoms with Gasteiger partial charge < -0.3 is 10.1 Å². The molecule has 0 saturated carbocycles. The molecule has 1 amide bonds. The molecule has 0 radical (unpaired) electrons. The summed E-state index contributed by atoms with van der Waals surface area (Å²) < 4.78 is 33.0. The monoisotopic (exact) mass is 388 g/mol. The Bertz CT molecular complexity index is 884. The number of ether oxygens (including phenoxy) is 1. The standard InChI is InChI=1S/C20H24N2O4S/c1-2-26-20(23)21-17-11-8-14-22(15-17)27(24,25)19-13-7-6-12-18(19)16-9-4-3-5-10-16/h3-7,9-10,12-13,17H,2,8,11,14-15H2,1H3,(H,21,23). The highest BCUT2D eigenvalue weighted by Crippen LogP contribution is 2.30. The van der Waals surface area contributed by atoms with Gasteiger partial charge in [0, 0.05) is 24.7 Å². The van der Waals surface area contributed by atoms with Crippen LogP contribution in [-0.4, -0.2) is 44.6 Å². The number of hydrogen-bond donors (Lipinski definition) is 1. The summed E-state index contributed by atoms with van der Waals surface area (Å²) >= 11 is 0. The largest absolute Gasteiger partial charge is 0.450 e. The first-order valence-corrected chi connectivity index (χ1v) is 10.5. The van der Waals surface area contributed by atoms with Crippen LogP contribution in [0.15, 0.2) is 59.5 Å². The molecule has 1 fully saturated rings. The van der Waals surface area contributed by atoms with Gasteiger partial charge in [-0.1, -0.05) is 48.5 Å². The Balaban J connectivity index is 1.86.